The Balaban J connectivity index is 2.00. The maximum atomic E-state index is 12.2. The molecule has 1 atom stereocenters. The van der Waals surface area contributed by atoms with Gasteiger partial charge in [-0.3, -0.25) is 0 Å². The summed E-state index contributed by atoms with van der Waals surface area (Å²) >= 11 is 1.90. The fourth-order valence-electron chi connectivity index (χ4n) is 2.08. The second-order valence-corrected chi connectivity index (χ2v) is 6.07. The number of anilines is 1. The van der Waals surface area contributed by atoms with E-state index in [0.717, 1.165) is 25.3 Å². The molecule has 1 aliphatic rings. The van der Waals surface area contributed by atoms with Crippen molar-refractivity contribution in [2.45, 2.75) is 18.6 Å². The lowest BCUT2D eigenvalue weighted by atomic mass is 10.2. The van der Waals surface area contributed by atoms with Gasteiger partial charge in [-0.05, 0) is 24.6 Å². The zero-order chi connectivity index (χ0) is 14.5. The summed E-state index contributed by atoms with van der Waals surface area (Å²) in [7, 11) is 0. The van der Waals surface area contributed by atoms with Crippen LogP contribution in [-0.2, 0) is 0 Å². The maximum absolute atomic E-state index is 12.2. The third-order valence-corrected chi connectivity index (χ3v) is 4.61. The van der Waals surface area contributed by atoms with Crippen molar-refractivity contribution in [1.29, 1.82) is 0 Å². The molecular weight excluding hydrogens is 276 g/mol. The molecule has 2 amide bonds. The van der Waals surface area contributed by atoms with E-state index in [0.29, 0.717) is 10.9 Å². The standard InChI is InChI=1S/C14H18N2O3S/c1-2-12-9-16(6-7-20-12)14(19)15-11-5-3-4-10(8-11)13(17)18/h3-5,8,12H,2,6-7,9H2,1H3,(H,15,19)(H,17,18). The largest absolute Gasteiger partial charge is 0.478 e. The molecule has 0 radical (unpaired) electrons. The number of nitrogens with one attached hydrogen (secondary N) is 1. The van der Waals surface area contributed by atoms with Crippen molar-refractivity contribution in [1.82, 2.24) is 4.90 Å². The molecule has 1 fully saturated rings. The van der Waals surface area contributed by atoms with Gasteiger partial charge in [0.15, 0.2) is 0 Å². The van der Waals surface area contributed by atoms with Crippen LogP contribution < -0.4 is 5.32 Å². The van der Waals surface area contributed by atoms with Gasteiger partial charge >= 0.3 is 12.0 Å². The number of carboxylic acid groups (broad SMARTS) is 1. The molecule has 0 saturated carbocycles. The first-order valence-corrected chi connectivity index (χ1v) is 7.66. The second-order valence-electron chi connectivity index (χ2n) is 4.66. The van der Waals surface area contributed by atoms with E-state index in [-0.39, 0.29) is 11.6 Å². The SMILES string of the molecule is CCC1CN(C(=O)Nc2cccc(C(=O)O)c2)CCS1. The van der Waals surface area contributed by atoms with E-state index in [2.05, 4.69) is 12.2 Å². The van der Waals surface area contributed by atoms with Crippen molar-refractivity contribution in [3.05, 3.63) is 29.8 Å². The molecule has 1 saturated heterocycles. The van der Waals surface area contributed by atoms with Crippen LogP contribution in [-0.4, -0.2) is 46.1 Å². The first kappa shape index (κ1) is 14.7. The number of benzene rings is 1. The summed E-state index contributed by atoms with van der Waals surface area (Å²) in [5.74, 6) is -0.0531. The van der Waals surface area contributed by atoms with E-state index in [4.69, 9.17) is 5.11 Å². The Morgan fingerprint density at radius 2 is 2.30 bits per heavy atom. The van der Waals surface area contributed by atoms with Gasteiger partial charge in [-0.15, -0.1) is 0 Å². The van der Waals surface area contributed by atoms with Crippen molar-refractivity contribution >= 4 is 29.4 Å². The average molecular weight is 294 g/mol. The molecule has 1 heterocycles. The number of carboxylic acids is 1. The van der Waals surface area contributed by atoms with Gasteiger partial charge in [0.1, 0.15) is 0 Å². The molecule has 1 aromatic rings. The van der Waals surface area contributed by atoms with Gasteiger partial charge in [0.2, 0.25) is 0 Å². The number of carbonyl (C=O) groups excluding carboxylic acids is 1. The molecule has 2 rings (SSSR count). The molecule has 0 bridgehead atoms. The van der Waals surface area contributed by atoms with Crippen LogP contribution in [0.3, 0.4) is 0 Å². The third kappa shape index (κ3) is 3.66. The normalized spacial score (nSPS) is 18.6. The van der Waals surface area contributed by atoms with Crippen LogP contribution >= 0.6 is 11.8 Å². The Labute approximate surface area is 122 Å². The van der Waals surface area contributed by atoms with E-state index in [1.165, 1.54) is 12.1 Å². The summed E-state index contributed by atoms with van der Waals surface area (Å²) in [5.41, 5.74) is 0.685. The van der Waals surface area contributed by atoms with Crippen molar-refractivity contribution in [3.63, 3.8) is 0 Å². The Hall–Kier alpha value is -1.69. The predicted octanol–water partition coefficient (Wildman–Crippen LogP) is 2.74. The maximum Gasteiger partial charge on any atom is 0.335 e. The van der Waals surface area contributed by atoms with Gasteiger partial charge in [0, 0.05) is 29.8 Å². The predicted molar refractivity (Wildman–Crippen MR) is 80.5 cm³/mol. The molecule has 1 aromatic carbocycles. The quantitative estimate of drug-likeness (QED) is 0.899. The number of hydrogen-bond donors (Lipinski definition) is 2. The zero-order valence-electron chi connectivity index (χ0n) is 11.3. The van der Waals surface area contributed by atoms with Crippen LogP contribution in [0.5, 0.6) is 0 Å². The molecule has 1 unspecified atom stereocenters. The molecule has 108 valence electrons. The monoisotopic (exact) mass is 294 g/mol. The van der Waals surface area contributed by atoms with Crippen LogP contribution in [0, 0.1) is 0 Å². The number of amides is 2. The van der Waals surface area contributed by atoms with Crippen molar-refractivity contribution in [2.75, 3.05) is 24.2 Å². The molecule has 6 heteroatoms. The Morgan fingerprint density at radius 1 is 1.50 bits per heavy atom. The highest BCUT2D eigenvalue weighted by atomic mass is 32.2. The van der Waals surface area contributed by atoms with Crippen molar-refractivity contribution in [2.24, 2.45) is 0 Å². The Morgan fingerprint density at radius 3 is 3.00 bits per heavy atom. The van der Waals surface area contributed by atoms with Gasteiger partial charge in [-0.2, -0.15) is 11.8 Å². The fourth-order valence-corrected chi connectivity index (χ4v) is 3.26. The minimum atomic E-state index is -0.999. The molecule has 1 aliphatic heterocycles. The number of aromatic carboxylic acids is 1. The summed E-state index contributed by atoms with van der Waals surface area (Å²) < 4.78 is 0. The minimum Gasteiger partial charge on any atom is -0.478 e. The topological polar surface area (TPSA) is 69.6 Å². The zero-order valence-corrected chi connectivity index (χ0v) is 12.2. The highest BCUT2D eigenvalue weighted by Gasteiger charge is 2.23. The van der Waals surface area contributed by atoms with Crippen LogP contribution in [0.2, 0.25) is 0 Å². The summed E-state index contributed by atoms with van der Waals surface area (Å²) in [4.78, 5) is 24.9. The highest BCUT2D eigenvalue weighted by molar-refractivity contribution is 8.00. The summed E-state index contributed by atoms with van der Waals surface area (Å²) in [5, 5.41) is 12.2. The van der Waals surface area contributed by atoms with E-state index in [1.807, 2.05) is 11.8 Å². The molecule has 0 spiro atoms. The fraction of sp³-hybridized carbons (Fsp3) is 0.429. The van der Waals surface area contributed by atoms with E-state index in [9.17, 15) is 9.59 Å². The van der Waals surface area contributed by atoms with Gasteiger partial charge in [-0.25, -0.2) is 9.59 Å². The number of nitrogens with zero attached hydrogens (tertiary/aromatic N) is 1. The minimum absolute atomic E-state index is 0.161. The van der Waals surface area contributed by atoms with Gasteiger partial charge in [0.25, 0.3) is 0 Å². The molecule has 20 heavy (non-hydrogen) atoms. The van der Waals surface area contributed by atoms with Crippen molar-refractivity contribution < 1.29 is 14.7 Å². The lowest BCUT2D eigenvalue weighted by Gasteiger charge is -2.31. The molecule has 0 aliphatic carbocycles. The van der Waals surface area contributed by atoms with Crippen LogP contribution in [0.25, 0.3) is 0 Å². The van der Waals surface area contributed by atoms with E-state index < -0.39 is 5.97 Å². The first-order chi connectivity index (χ1) is 9.60. The number of rotatable bonds is 3. The van der Waals surface area contributed by atoms with Gasteiger partial charge in [0.05, 0.1) is 5.56 Å². The van der Waals surface area contributed by atoms with Crippen molar-refractivity contribution in [3.8, 4) is 0 Å². The van der Waals surface area contributed by atoms with Crippen LogP contribution in [0.1, 0.15) is 23.7 Å². The van der Waals surface area contributed by atoms with E-state index >= 15 is 0 Å². The summed E-state index contributed by atoms with van der Waals surface area (Å²) in [6.45, 7) is 3.59. The summed E-state index contributed by atoms with van der Waals surface area (Å²) in [6.07, 6.45) is 1.04. The lowest BCUT2D eigenvalue weighted by Crippen LogP contribution is -2.43. The van der Waals surface area contributed by atoms with Gasteiger partial charge in [-0.1, -0.05) is 13.0 Å². The number of hydrogen-bond acceptors (Lipinski definition) is 3. The first-order valence-electron chi connectivity index (χ1n) is 6.61. The lowest BCUT2D eigenvalue weighted by molar-refractivity contribution is 0.0697. The average Bonchev–Trinajstić information content (AvgIpc) is 2.47. The molecular formula is C14H18N2O3S. The van der Waals surface area contributed by atoms with Gasteiger partial charge < -0.3 is 15.3 Å². The third-order valence-electron chi connectivity index (χ3n) is 3.24. The molecule has 0 aromatic heterocycles. The molecule has 2 N–H and O–H groups in total. The number of thioether (sulfide) groups is 1. The molecule has 5 nitrogen and oxygen atoms in total. The Bertz CT molecular complexity index is 507. The number of carbonyl (C=O) groups is 2. The van der Waals surface area contributed by atoms with E-state index in [1.54, 1.807) is 17.0 Å². The summed E-state index contributed by atoms with van der Waals surface area (Å²) in [6, 6.07) is 6.13. The number of urea groups is 1. The second kappa shape index (κ2) is 6.65. The van der Waals surface area contributed by atoms with Crippen LogP contribution in [0.15, 0.2) is 24.3 Å². The highest BCUT2D eigenvalue weighted by Crippen LogP contribution is 2.21. The smallest absolute Gasteiger partial charge is 0.335 e. The Kier molecular flexibility index (Phi) is 4.89. The van der Waals surface area contributed by atoms with Crippen LogP contribution in [0.4, 0.5) is 10.5 Å².